The molecule has 0 heterocycles. The third-order valence-electron chi connectivity index (χ3n) is 2.76. The zero-order valence-electron chi connectivity index (χ0n) is 12.5. The number of carbonyl (C=O) groups is 2. The quantitative estimate of drug-likeness (QED) is 0.345. The second kappa shape index (κ2) is 8.56. The Balaban J connectivity index is 2.40. The van der Waals surface area contributed by atoms with E-state index in [1.54, 1.807) is 26.0 Å². The number of nitro groups is 1. The van der Waals surface area contributed by atoms with Crippen LogP contribution < -0.4 is 10.6 Å². The van der Waals surface area contributed by atoms with Crippen molar-refractivity contribution in [3.63, 3.8) is 0 Å². The first-order chi connectivity index (χ1) is 10.4. The number of non-ortho nitro benzene ring substituents is 1. The van der Waals surface area contributed by atoms with Gasteiger partial charge in [0.1, 0.15) is 0 Å². The first-order valence-corrected chi connectivity index (χ1v) is 6.88. The van der Waals surface area contributed by atoms with E-state index >= 15 is 0 Å². The number of hydrogen-bond acceptors (Lipinski definition) is 4. The lowest BCUT2D eigenvalue weighted by molar-refractivity contribution is -0.384. The maximum atomic E-state index is 11.6. The van der Waals surface area contributed by atoms with Crippen molar-refractivity contribution >= 4 is 23.6 Å². The van der Waals surface area contributed by atoms with Crippen LogP contribution in [-0.2, 0) is 9.59 Å². The van der Waals surface area contributed by atoms with Crippen LogP contribution in [0.25, 0.3) is 6.08 Å². The minimum absolute atomic E-state index is 0.0287. The predicted molar refractivity (Wildman–Crippen MR) is 83.0 cm³/mol. The van der Waals surface area contributed by atoms with Gasteiger partial charge in [-0.2, -0.15) is 0 Å². The molecule has 7 nitrogen and oxygen atoms in total. The van der Waals surface area contributed by atoms with Crippen molar-refractivity contribution in [3.8, 4) is 0 Å². The summed E-state index contributed by atoms with van der Waals surface area (Å²) in [5.74, 6) is -0.490. The Labute approximate surface area is 128 Å². The molecular formula is C15H19N3O4. The number of nitrogens with zero attached hydrogens (tertiary/aromatic N) is 1. The first kappa shape index (κ1) is 17.4. The van der Waals surface area contributed by atoms with Crippen molar-refractivity contribution in [2.75, 3.05) is 13.1 Å². The van der Waals surface area contributed by atoms with E-state index in [1.807, 2.05) is 0 Å². The van der Waals surface area contributed by atoms with Crippen LogP contribution in [-0.4, -0.2) is 29.8 Å². The second-order valence-electron chi connectivity index (χ2n) is 4.92. The van der Waals surface area contributed by atoms with Gasteiger partial charge in [-0.25, -0.2) is 0 Å². The molecule has 1 rings (SSSR count). The van der Waals surface area contributed by atoms with E-state index in [0.29, 0.717) is 18.7 Å². The Morgan fingerprint density at radius 3 is 2.59 bits per heavy atom. The van der Waals surface area contributed by atoms with Crippen molar-refractivity contribution in [3.05, 3.63) is 46.0 Å². The third kappa shape index (κ3) is 6.17. The molecule has 0 aromatic heterocycles. The van der Waals surface area contributed by atoms with Crippen LogP contribution in [0.15, 0.2) is 30.3 Å². The van der Waals surface area contributed by atoms with Crippen molar-refractivity contribution in [1.29, 1.82) is 0 Å². The van der Waals surface area contributed by atoms with E-state index in [9.17, 15) is 19.7 Å². The number of nitro benzene ring substituents is 1. The minimum atomic E-state index is -0.491. The molecule has 1 aromatic rings. The Bertz CT molecular complexity index is 582. The van der Waals surface area contributed by atoms with Gasteiger partial charge in [0.15, 0.2) is 0 Å². The highest BCUT2D eigenvalue weighted by Crippen LogP contribution is 2.13. The van der Waals surface area contributed by atoms with E-state index in [-0.39, 0.29) is 23.4 Å². The molecule has 0 saturated heterocycles. The Morgan fingerprint density at radius 2 is 1.95 bits per heavy atom. The number of rotatable bonds is 7. The largest absolute Gasteiger partial charge is 0.354 e. The molecule has 2 amide bonds. The highest BCUT2D eigenvalue weighted by atomic mass is 16.6. The number of amides is 2. The van der Waals surface area contributed by atoms with E-state index in [2.05, 4.69) is 10.6 Å². The average molecular weight is 305 g/mol. The minimum Gasteiger partial charge on any atom is -0.354 e. The smallest absolute Gasteiger partial charge is 0.270 e. The van der Waals surface area contributed by atoms with Crippen LogP contribution in [0.1, 0.15) is 19.4 Å². The van der Waals surface area contributed by atoms with Crippen LogP contribution in [0, 0.1) is 16.0 Å². The highest BCUT2D eigenvalue weighted by molar-refractivity contribution is 5.91. The Kier molecular flexibility index (Phi) is 6.75. The molecule has 0 fully saturated rings. The SMILES string of the molecule is CC(C)C(=O)NCCNC(=O)/C=C/c1cccc([N+](=O)[O-])c1. The molecule has 0 aliphatic rings. The molecule has 0 aliphatic carbocycles. The van der Waals surface area contributed by atoms with Gasteiger partial charge in [0, 0.05) is 37.2 Å². The van der Waals surface area contributed by atoms with Crippen molar-refractivity contribution in [2.45, 2.75) is 13.8 Å². The fourth-order valence-electron chi connectivity index (χ4n) is 1.55. The molecular weight excluding hydrogens is 286 g/mol. The molecule has 0 unspecified atom stereocenters. The summed E-state index contributed by atoms with van der Waals surface area (Å²) in [4.78, 5) is 33.0. The number of nitrogens with one attached hydrogen (secondary N) is 2. The lowest BCUT2D eigenvalue weighted by Crippen LogP contribution is -2.35. The molecule has 0 saturated carbocycles. The lowest BCUT2D eigenvalue weighted by Gasteiger charge is -2.07. The summed E-state index contributed by atoms with van der Waals surface area (Å²) >= 11 is 0. The molecule has 2 N–H and O–H groups in total. The van der Waals surface area contributed by atoms with Gasteiger partial charge in [-0.15, -0.1) is 0 Å². The number of benzene rings is 1. The maximum Gasteiger partial charge on any atom is 0.270 e. The Hall–Kier alpha value is -2.70. The van der Waals surface area contributed by atoms with Gasteiger partial charge in [0.05, 0.1) is 4.92 Å². The average Bonchev–Trinajstić information content (AvgIpc) is 2.49. The molecule has 0 radical (unpaired) electrons. The fraction of sp³-hybridized carbons (Fsp3) is 0.333. The standard InChI is InChI=1S/C15H19N3O4/c1-11(2)15(20)17-9-8-16-14(19)7-6-12-4-3-5-13(10-12)18(21)22/h3-7,10-11H,8-9H2,1-2H3,(H,16,19)(H,17,20)/b7-6+. The van der Waals surface area contributed by atoms with Crippen molar-refractivity contribution in [2.24, 2.45) is 5.92 Å². The lowest BCUT2D eigenvalue weighted by atomic mass is 10.2. The summed E-state index contributed by atoms with van der Waals surface area (Å²) in [6, 6.07) is 5.98. The fourth-order valence-corrected chi connectivity index (χ4v) is 1.55. The molecule has 118 valence electrons. The van der Waals surface area contributed by atoms with Gasteiger partial charge in [0.2, 0.25) is 11.8 Å². The van der Waals surface area contributed by atoms with Crippen molar-refractivity contribution in [1.82, 2.24) is 10.6 Å². The second-order valence-corrected chi connectivity index (χ2v) is 4.92. The Morgan fingerprint density at radius 1 is 1.27 bits per heavy atom. The van der Waals surface area contributed by atoms with Gasteiger partial charge < -0.3 is 10.6 Å². The molecule has 22 heavy (non-hydrogen) atoms. The highest BCUT2D eigenvalue weighted by Gasteiger charge is 2.05. The predicted octanol–water partition coefficient (Wildman–Crippen LogP) is 1.50. The summed E-state index contributed by atoms with van der Waals surface area (Å²) in [5, 5.41) is 15.9. The zero-order chi connectivity index (χ0) is 16.5. The molecule has 1 aromatic carbocycles. The van der Waals surface area contributed by atoms with Gasteiger partial charge in [-0.1, -0.05) is 26.0 Å². The maximum absolute atomic E-state index is 11.6. The van der Waals surface area contributed by atoms with E-state index in [4.69, 9.17) is 0 Å². The van der Waals surface area contributed by atoms with Gasteiger partial charge >= 0.3 is 0 Å². The van der Waals surface area contributed by atoms with Crippen LogP contribution in [0.5, 0.6) is 0 Å². The molecule has 0 atom stereocenters. The summed E-state index contributed by atoms with van der Waals surface area (Å²) in [5.41, 5.74) is 0.538. The molecule has 0 spiro atoms. The zero-order valence-corrected chi connectivity index (χ0v) is 12.5. The summed E-state index contributed by atoms with van der Waals surface area (Å²) in [7, 11) is 0. The van der Waals surface area contributed by atoms with E-state index in [0.717, 1.165) is 0 Å². The monoisotopic (exact) mass is 305 g/mol. The van der Waals surface area contributed by atoms with Gasteiger partial charge in [-0.05, 0) is 11.6 Å². The topological polar surface area (TPSA) is 101 Å². The van der Waals surface area contributed by atoms with Crippen LogP contribution in [0.2, 0.25) is 0 Å². The van der Waals surface area contributed by atoms with Crippen LogP contribution in [0.4, 0.5) is 5.69 Å². The van der Waals surface area contributed by atoms with Gasteiger partial charge in [-0.3, -0.25) is 19.7 Å². The number of carbonyl (C=O) groups excluding carboxylic acids is 2. The first-order valence-electron chi connectivity index (χ1n) is 6.88. The third-order valence-corrected chi connectivity index (χ3v) is 2.76. The normalized spacial score (nSPS) is 10.7. The van der Waals surface area contributed by atoms with Crippen LogP contribution >= 0.6 is 0 Å². The van der Waals surface area contributed by atoms with Gasteiger partial charge in [0.25, 0.3) is 5.69 Å². The van der Waals surface area contributed by atoms with E-state index in [1.165, 1.54) is 24.3 Å². The molecule has 0 bridgehead atoms. The summed E-state index contributed by atoms with van der Waals surface area (Å²) in [6.45, 7) is 4.25. The number of hydrogen-bond donors (Lipinski definition) is 2. The molecule has 0 aliphatic heterocycles. The summed E-state index contributed by atoms with van der Waals surface area (Å²) < 4.78 is 0. The van der Waals surface area contributed by atoms with E-state index < -0.39 is 4.92 Å². The van der Waals surface area contributed by atoms with Crippen LogP contribution in [0.3, 0.4) is 0 Å². The summed E-state index contributed by atoms with van der Waals surface area (Å²) in [6.07, 6.45) is 2.79. The molecule has 7 heteroatoms. The van der Waals surface area contributed by atoms with Crippen molar-refractivity contribution < 1.29 is 14.5 Å².